The highest BCUT2D eigenvalue weighted by Gasteiger charge is 2.17. The van der Waals surface area contributed by atoms with E-state index in [0.29, 0.717) is 22.4 Å². The van der Waals surface area contributed by atoms with Crippen molar-refractivity contribution in [2.75, 3.05) is 12.3 Å². The first kappa shape index (κ1) is 23.7. The van der Waals surface area contributed by atoms with Crippen molar-refractivity contribution in [3.05, 3.63) is 66.2 Å². The molecule has 0 fully saturated rings. The van der Waals surface area contributed by atoms with E-state index < -0.39 is 21.9 Å². The predicted octanol–water partition coefficient (Wildman–Crippen LogP) is 2.75. The molecule has 1 atom stereocenters. The van der Waals surface area contributed by atoms with E-state index in [1.165, 1.54) is 25.4 Å². The van der Waals surface area contributed by atoms with Gasteiger partial charge in [0.1, 0.15) is 11.6 Å². The summed E-state index contributed by atoms with van der Waals surface area (Å²) in [5, 5.41) is 9.29. The molecule has 1 heterocycles. The van der Waals surface area contributed by atoms with Crippen LogP contribution in [0, 0.1) is 5.82 Å². The minimum atomic E-state index is -3.66. The number of halogens is 2. The zero-order valence-corrected chi connectivity index (χ0v) is 17.8. The van der Waals surface area contributed by atoms with Crippen molar-refractivity contribution in [3.63, 3.8) is 0 Å². The number of nitrogens with zero attached hydrogens (tertiary/aromatic N) is 2. The van der Waals surface area contributed by atoms with Crippen molar-refractivity contribution in [1.82, 2.24) is 14.7 Å². The first-order valence-electron chi connectivity index (χ1n) is 8.86. The Labute approximate surface area is 180 Å². The summed E-state index contributed by atoms with van der Waals surface area (Å²) in [6, 6.07) is 11.5. The van der Waals surface area contributed by atoms with Crippen LogP contribution >= 0.6 is 12.4 Å². The van der Waals surface area contributed by atoms with Crippen LogP contribution in [-0.2, 0) is 15.8 Å². The van der Waals surface area contributed by atoms with Gasteiger partial charge >= 0.3 is 0 Å². The summed E-state index contributed by atoms with van der Waals surface area (Å²) >= 11 is 0. The van der Waals surface area contributed by atoms with Gasteiger partial charge in [-0.15, -0.1) is 12.4 Å². The van der Waals surface area contributed by atoms with E-state index >= 15 is 0 Å². The Hall–Kier alpha value is -2.59. The first-order valence-corrected chi connectivity index (χ1v) is 10.5. The fourth-order valence-corrected chi connectivity index (χ4v) is 4.06. The van der Waals surface area contributed by atoms with Crippen LogP contribution in [0.3, 0.4) is 0 Å². The number of hydrogen-bond acceptors (Lipinski definition) is 6. The normalized spacial score (nSPS) is 12.2. The third-order valence-corrected chi connectivity index (χ3v) is 5.49. The van der Waals surface area contributed by atoms with E-state index in [1.54, 1.807) is 36.4 Å². The average Bonchev–Trinajstić information content (AvgIpc) is 2.67. The van der Waals surface area contributed by atoms with Gasteiger partial charge in [-0.1, -0.05) is 30.3 Å². The molecule has 160 valence electrons. The molecule has 0 aliphatic heterocycles. The van der Waals surface area contributed by atoms with Crippen LogP contribution in [0.5, 0.6) is 0 Å². The van der Waals surface area contributed by atoms with Gasteiger partial charge < -0.3 is 10.8 Å². The Bertz CT molecular complexity index is 1110. The molecule has 3 rings (SSSR count). The molecule has 1 aromatic heterocycles. The molecule has 3 aromatic rings. The number of rotatable bonds is 7. The van der Waals surface area contributed by atoms with Crippen LogP contribution < -0.4 is 10.5 Å². The highest BCUT2D eigenvalue weighted by atomic mass is 35.5. The third-order valence-electron chi connectivity index (χ3n) is 4.19. The lowest BCUT2D eigenvalue weighted by atomic mass is 9.98. The summed E-state index contributed by atoms with van der Waals surface area (Å²) in [6.45, 7) is 1.42. The molecular formula is C20H22ClFN4O3S. The van der Waals surface area contributed by atoms with Crippen molar-refractivity contribution >= 4 is 28.2 Å². The zero-order chi connectivity index (χ0) is 21.0. The number of sulfonamides is 1. The van der Waals surface area contributed by atoms with Crippen molar-refractivity contribution in [2.45, 2.75) is 18.8 Å². The number of nitrogens with one attached hydrogen (secondary N) is 1. The molecule has 0 aliphatic rings. The summed E-state index contributed by atoms with van der Waals surface area (Å²) in [4.78, 5) is 8.00. The van der Waals surface area contributed by atoms with Gasteiger partial charge in [0.2, 0.25) is 10.0 Å². The Morgan fingerprint density at radius 2 is 1.87 bits per heavy atom. The number of nitrogen functional groups attached to an aromatic ring is 1. The number of anilines is 1. The van der Waals surface area contributed by atoms with Crippen LogP contribution in [0.1, 0.15) is 12.5 Å². The average molecular weight is 453 g/mol. The van der Waals surface area contributed by atoms with Gasteiger partial charge in [-0.25, -0.2) is 22.5 Å². The van der Waals surface area contributed by atoms with E-state index in [0.717, 1.165) is 0 Å². The lowest BCUT2D eigenvalue weighted by Crippen LogP contribution is -2.31. The molecule has 0 saturated heterocycles. The second kappa shape index (κ2) is 9.94. The van der Waals surface area contributed by atoms with E-state index in [2.05, 4.69) is 14.7 Å². The lowest BCUT2D eigenvalue weighted by Gasteiger charge is -2.13. The number of nitrogens with two attached hydrogens (primary N) is 1. The summed E-state index contributed by atoms with van der Waals surface area (Å²) in [5.41, 5.74) is 7.79. The van der Waals surface area contributed by atoms with Gasteiger partial charge in [0.15, 0.2) is 0 Å². The molecule has 30 heavy (non-hydrogen) atoms. The molecule has 7 nitrogen and oxygen atoms in total. The molecule has 0 spiro atoms. The number of aromatic nitrogens is 2. The minimum absolute atomic E-state index is 0. The van der Waals surface area contributed by atoms with Crippen LogP contribution in [0.2, 0.25) is 0 Å². The van der Waals surface area contributed by atoms with Gasteiger partial charge in [0, 0.05) is 12.1 Å². The maximum atomic E-state index is 14.7. The maximum Gasteiger partial charge on any atom is 0.215 e. The Kier molecular flexibility index (Phi) is 7.85. The zero-order valence-electron chi connectivity index (χ0n) is 16.1. The molecule has 0 radical (unpaired) electrons. The van der Waals surface area contributed by atoms with Crippen LogP contribution in [0.4, 0.5) is 10.2 Å². The largest absolute Gasteiger partial charge is 0.392 e. The van der Waals surface area contributed by atoms with Crippen LogP contribution in [0.25, 0.3) is 22.4 Å². The molecule has 10 heteroatoms. The Balaban J connectivity index is 0.00000320. The Morgan fingerprint density at radius 1 is 1.13 bits per heavy atom. The predicted molar refractivity (Wildman–Crippen MR) is 117 cm³/mol. The SMILES string of the molecule is C[C@H](O)CNS(=O)(=O)Cc1ccccc1-c1ccc(-c2cnc(N)cn2)c(F)c1.Cl. The standard InChI is InChI=1S/C20H21FN4O3S.ClH/c1-13(26)9-25-29(27,28)12-15-4-2-3-5-16(15)14-6-7-17(18(21)8-14)19-10-24-20(22)11-23-19;/h2-8,10-11,13,25-26H,9,12H2,1H3,(H2,22,24);1H/t13-;/m0./s1. The summed E-state index contributed by atoms with van der Waals surface area (Å²) in [5.74, 6) is -0.556. The molecule has 0 amide bonds. The second-order valence-corrected chi connectivity index (χ2v) is 8.44. The van der Waals surface area contributed by atoms with Crippen LogP contribution in [-0.4, -0.2) is 36.1 Å². The minimum Gasteiger partial charge on any atom is -0.392 e. The van der Waals surface area contributed by atoms with E-state index in [4.69, 9.17) is 5.73 Å². The Morgan fingerprint density at radius 3 is 2.50 bits per heavy atom. The van der Waals surface area contributed by atoms with Crippen molar-refractivity contribution in [2.24, 2.45) is 0 Å². The molecule has 0 aliphatic carbocycles. The molecule has 0 saturated carbocycles. The van der Waals surface area contributed by atoms with Gasteiger partial charge in [-0.2, -0.15) is 0 Å². The highest BCUT2D eigenvalue weighted by Crippen LogP contribution is 2.29. The topological polar surface area (TPSA) is 118 Å². The van der Waals surface area contributed by atoms with Crippen LogP contribution in [0.15, 0.2) is 54.9 Å². The lowest BCUT2D eigenvalue weighted by molar-refractivity contribution is 0.198. The van der Waals surface area contributed by atoms with E-state index in [9.17, 15) is 17.9 Å². The summed E-state index contributed by atoms with van der Waals surface area (Å²) < 4.78 is 41.7. The van der Waals surface area contributed by atoms with Crippen molar-refractivity contribution in [1.29, 1.82) is 0 Å². The monoisotopic (exact) mass is 452 g/mol. The van der Waals surface area contributed by atoms with Gasteiger partial charge in [0.05, 0.1) is 29.9 Å². The number of benzene rings is 2. The first-order chi connectivity index (χ1) is 13.7. The third kappa shape index (κ3) is 5.96. The second-order valence-electron chi connectivity index (χ2n) is 6.63. The summed E-state index contributed by atoms with van der Waals surface area (Å²) in [7, 11) is -3.66. The fourth-order valence-electron chi connectivity index (χ4n) is 2.80. The summed E-state index contributed by atoms with van der Waals surface area (Å²) in [6.07, 6.45) is 1.95. The number of aliphatic hydroxyl groups is 1. The van der Waals surface area contributed by atoms with Gasteiger partial charge in [0.25, 0.3) is 0 Å². The molecule has 2 aromatic carbocycles. The maximum absolute atomic E-state index is 14.7. The fraction of sp³-hybridized carbons (Fsp3) is 0.200. The quantitative estimate of drug-likeness (QED) is 0.507. The highest BCUT2D eigenvalue weighted by molar-refractivity contribution is 7.88. The smallest absolute Gasteiger partial charge is 0.215 e. The van der Waals surface area contributed by atoms with Gasteiger partial charge in [-0.3, -0.25) is 4.98 Å². The molecule has 4 N–H and O–H groups in total. The van der Waals surface area contributed by atoms with E-state index in [1.807, 2.05) is 0 Å². The molecular weight excluding hydrogens is 431 g/mol. The molecule has 0 bridgehead atoms. The number of hydrogen-bond donors (Lipinski definition) is 3. The van der Waals surface area contributed by atoms with Crippen molar-refractivity contribution in [3.8, 4) is 22.4 Å². The van der Waals surface area contributed by atoms with Crippen molar-refractivity contribution < 1.29 is 17.9 Å². The van der Waals surface area contributed by atoms with E-state index in [-0.39, 0.29) is 36.1 Å². The number of aliphatic hydroxyl groups excluding tert-OH is 1. The molecule has 0 unspecified atom stereocenters. The van der Waals surface area contributed by atoms with Gasteiger partial charge in [-0.05, 0) is 35.7 Å².